The average molecular weight is 269 g/mol. The van der Waals surface area contributed by atoms with Crippen LogP contribution in [0.4, 0.5) is 5.82 Å². The molecule has 18 heavy (non-hydrogen) atoms. The third-order valence-electron chi connectivity index (χ3n) is 3.53. The quantitative estimate of drug-likeness (QED) is 0.878. The standard InChI is InChI=1S/C13H17ClN2O2/c1-8(9-4-2-3-5-9)15-11-7-6-10(14)12(16-11)13(17)18/h6-9H,2-5H2,1H3,(H,15,16)(H,17,18). The van der Waals surface area contributed by atoms with Gasteiger partial charge < -0.3 is 10.4 Å². The molecule has 1 unspecified atom stereocenters. The lowest BCUT2D eigenvalue weighted by Crippen LogP contribution is -2.24. The van der Waals surface area contributed by atoms with Gasteiger partial charge in [-0.05, 0) is 37.8 Å². The fraction of sp³-hybridized carbons (Fsp3) is 0.538. The second-order valence-electron chi connectivity index (χ2n) is 4.81. The van der Waals surface area contributed by atoms with Gasteiger partial charge >= 0.3 is 5.97 Å². The first-order valence-electron chi connectivity index (χ1n) is 6.24. The molecule has 0 aromatic carbocycles. The molecule has 1 atom stereocenters. The van der Waals surface area contributed by atoms with Crippen molar-refractivity contribution in [3.8, 4) is 0 Å². The number of aromatic nitrogens is 1. The summed E-state index contributed by atoms with van der Waals surface area (Å²) in [4.78, 5) is 15.0. The van der Waals surface area contributed by atoms with Crippen LogP contribution in [0.15, 0.2) is 12.1 Å². The summed E-state index contributed by atoms with van der Waals surface area (Å²) in [6.07, 6.45) is 5.03. The van der Waals surface area contributed by atoms with E-state index in [1.807, 2.05) is 0 Å². The average Bonchev–Trinajstić information content (AvgIpc) is 2.85. The third-order valence-corrected chi connectivity index (χ3v) is 3.84. The fourth-order valence-electron chi connectivity index (χ4n) is 2.48. The van der Waals surface area contributed by atoms with E-state index < -0.39 is 5.97 Å². The van der Waals surface area contributed by atoms with Gasteiger partial charge in [0.1, 0.15) is 5.82 Å². The summed E-state index contributed by atoms with van der Waals surface area (Å²) >= 11 is 5.78. The summed E-state index contributed by atoms with van der Waals surface area (Å²) < 4.78 is 0. The Bertz CT molecular complexity index is 445. The van der Waals surface area contributed by atoms with Crippen LogP contribution >= 0.6 is 11.6 Å². The molecule has 0 spiro atoms. The van der Waals surface area contributed by atoms with Crippen LogP contribution in [0, 0.1) is 5.92 Å². The maximum Gasteiger partial charge on any atom is 0.356 e. The largest absolute Gasteiger partial charge is 0.476 e. The second-order valence-corrected chi connectivity index (χ2v) is 5.22. The van der Waals surface area contributed by atoms with Crippen molar-refractivity contribution in [2.24, 2.45) is 5.92 Å². The molecule has 98 valence electrons. The molecule has 1 fully saturated rings. The lowest BCUT2D eigenvalue weighted by Gasteiger charge is -2.21. The number of carboxylic acid groups (broad SMARTS) is 1. The molecule has 2 rings (SSSR count). The summed E-state index contributed by atoms with van der Waals surface area (Å²) in [6, 6.07) is 3.60. The van der Waals surface area contributed by atoms with E-state index in [9.17, 15) is 4.79 Å². The molecule has 0 amide bonds. The van der Waals surface area contributed by atoms with Crippen molar-refractivity contribution in [2.75, 3.05) is 5.32 Å². The summed E-state index contributed by atoms with van der Waals surface area (Å²) in [6.45, 7) is 2.12. The number of pyridine rings is 1. The summed E-state index contributed by atoms with van der Waals surface area (Å²) in [5.41, 5.74) is -0.0970. The van der Waals surface area contributed by atoms with Crippen LogP contribution < -0.4 is 5.32 Å². The molecule has 1 aliphatic rings. The molecule has 1 heterocycles. The fourth-order valence-corrected chi connectivity index (χ4v) is 2.67. The predicted octanol–water partition coefficient (Wildman–Crippen LogP) is 3.42. The van der Waals surface area contributed by atoms with Gasteiger partial charge in [0.05, 0.1) is 5.02 Å². The van der Waals surface area contributed by atoms with Crippen LogP contribution in [-0.4, -0.2) is 22.1 Å². The maximum atomic E-state index is 10.9. The van der Waals surface area contributed by atoms with Gasteiger partial charge in [0.15, 0.2) is 5.69 Å². The van der Waals surface area contributed by atoms with Gasteiger partial charge in [-0.25, -0.2) is 9.78 Å². The number of carbonyl (C=O) groups is 1. The molecular weight excluding hydrogens is 252 g/mol. The van der Waals surface area contributed by atoms with E-state index in [4.69, 9.17) is 16.7 Å². The van der Waals surface area contributed by atoms with Gasteiger partial charge in [-0.15, -0.1) is 0 Å². The third kappa shape index (κ3) is 2.93. The van der Waals surface area contributed by atoms with Crippen molar-refractivity contribution in [2.45, 2.75) is 38.6 Å². The summed E-state index contributed by atoms with van der Waals surface area (Å²) in [5, 5.41) is 12.4. The molecule has 2 N–H and O–H groups in total. The van der Waals surface area contributed by atoms with Crippen molar-refractivity contribution < 1.29 is 9.90 Å². The Hall–Kier alpha value is -1.29. The van der Waals surface area contributed by atoms with Crippen molar-refractivity contribution >= 4 is 23.4 Å². The number of rotatable bonds is 4. The first-order valence-corrected chi connectivity index (χ1v) is 6.62. The zero-order valence-electron chi connectivity index (χ0n) is 10.3. The van der Waals surface area contributed by atoms with E-state index >= 15 is 0 Å². The normalized spacial score (nSPS) is 17.7. The minimum absolute atomic E-state index is 0.0970. The number of aromatic carboxylic acids is 1. The lowest BCUT2D eigenvalue weighted by molar-refractivity contribution is 0.0691. The molecule has 1 saturated carbocycles. The van der Waals surface area contributed by atoms with E-state index in [-0.39, 0.29) is 10.7 Å². The number of anilines is 1. The molecule has 0 saturated heterocycles. The molecule has 1 aromatic heterocycles. The van der Waals surface area contributed by atoms with Crippen LogP contribution in [0.5, 0.6) is 0 Å². The number of nitrogens with one attached hydrogen (secondary N) is 1. The highest BCUT2D eigenvalue weighted by Gasteiger charge is 2.22. The molecule has 0 aliphatic heterocycles. The Morgan fingerprint density at radius 1 is 1.50 bits per heavy atom. The monoisotopic (exact) mass is 268 g/mol. The molecule has 5 heteroatoms. The van der Waals surface area contributed by atoms with Gasteiger partial charge in [-0.1, -0.05) is 24.4 Å². The van der Waals surface area contributed by atoms with Gasteiger partial charge in [0.25, 0.3) is 0 Å². The van der Waals surface area contributed by atoms with E-state index in [1.54, 1.807) is 12.1 Å². The van der Waals surface area contributed by atoms with E-state index in [1.165, 1.54) is 25.7 Å². The van der Waals surface area contributed by atoms with E-state index in [0.29, 0.717) is 17.8 Å². The SMILES string of the molecule is CC(Nc1ccc(Cl)c(C(=O)O)n1)C1CCCC1. The van der Waals surface area contributed by atoms with Gasteiger partial charge in [0.2, 0.25) is 0 Å². The summed E-state index contributed by atoms with van der Waals surface area (Å²) in [5.74, 6) is 0.129. The van der Waals surface area contributed by atoms with Crippen molar-refractivity contribution in [1.29, 1.82) is 0 Å². The topological polar surface area (TPSA) is 62.2 Å². The van der Waals surface area contributed by atoms with Gasteiger partial charge in [-0.3, -0.25) is 0 Å². The first kappa shape index (κ1) is 13.1. The van der Waals surface area contributed by atoms with Gasteiger partial charge in [0, 0.05) is 6.04 Å². The van der Waals surface area contributed by atoms with Crippen LogP contribution in [0.2, 0.25) is 5.02 Å². The Morgan fingerprint density at radius 2 is 2.17 bits per heavy atom. The van der Waals surface area contributed by atoms with Crippen molar-refractivity contribution in [3.05, 3.63) is 22.8 Å². The molecule has 0 radical (unpaired) electrons. The molecule has 0 bridgehead atoms. The van der Waals surface area contributed by atoms with E-state index in [2.05, 4.69) is 17.2 Å². The molecular formula is C13H17ClN2O2. The van der Waals surface area contributed by atoms with Crippen molar-refractivity contribution in [1.82, 2.24) is 4.98 Å². The van der Waals surface area contributed by atoms with Crippen LogP contribution in [0.1, 0.15) is 43.1 Å². The number of hydrogen-bond acceptors (Lipinski definition) is 3. The molecule has 1 aliphatic carbocycles. The highest BCUT2D eigenvalue weighted by atomic mass is 35.5. The Kier molecular flexibility index (Phi) is 4.07. The number of nitrogens with zero attached hydrogens (tertiary/aromatic N) is 1. The molecule has 1 aromatic rings. The second kappa shape index (κ2) is 5.57. The summed E-state index contributed by atoms with van der Waals surface area (Å²) in [7, 11) is 0. The zero-order chi connectivity index (χ0) is 13.1. The predicted molar refractivity (Wildman–Crippen MR) is 71.2 cm³/mol. The van der Waals surface area contributed by atoms with Crippen molar-refractivity contribution in [3.63, 3.8) is 0 Å². The van der Waals surface area contributed by atoms with E-state index in [0.717, 1.165) is 0 Å². The highest BCUT2D eigenvalue weighted by Crippen LogP contribution is 2.29. The minimum Gasteiger partial charge on any atom is -0.476 e. The maximum absolute atomic E-state index is 10.9. The number of halogens is 1. The number of carboxylic acids is 1. The number of hydrogen-bond donors (Lipinski definition) is 2. The zero-order valence-corrected chi connectivity index (χ0v) is 11.1. The smallest absolute Gasteiger partial charge is 0.356 e. The van der Waals surface area contributed by atoms with Crippen LogP contribution in [0.25, 0.3) is 0 Å². The van der Waals surface area contributed by atoms with Gasteiger partial charge in [-0.2, -0.15) is 0 Å². The van der Waals surface area contributed by atoms with Crippen LogP contribution in [-0.2, 0) is 0 Å². The highest BCUT2D eigenvalue weighted by molar-refractivity contribution is 6.33. The van der Waals surface area contributed by atoms with Crippen LogP contribution in [0.3, 0.4) is 0 Å². The first-order chi connectivity index (χ1) is 8.58. The Balaban J connectivity index is 2.09. The minimum atomic E-state index is -1.10. The Labute approximate surface area is 111 Å². The Morgan fingerprint density at radius 3 is 2.78 bits per heavy atom. The lowest BCUT2D eigenvalue weighted by atomic mass is 10.00. The molecule has 4 nitrogen and oxygen atoms in total.